The molecule has 0 saturated heterocycles. The van der Waals surface area contributed by atoms with Crippen LogP contribution in [0.25, 0.3) is 0 Å². The summed E-state index contributed by atoms with van der Waals surface area (Å²) in [4.78, 5) is 4.17. The van der Waals surface area contributed by atoms with Gasteiger partial charge in [0.05, 0.1) is 0 Å². The molecule has 1 aromatic heterocycles. The molecule has 0 radical (unpaired) electrons. The van der Waals surface area contributed by atoms with Gasteiger partial charge in [-0.25, -0.2) is 9.67 Å². The first kappa shape index (κ1) is 13.1. The number of hydrogen-bond donors (Lipinski definition) is 1. The molecule has 0 aliphatic heterocycles. The Morgan fingerprint density at radius 2 is 2.06 bits per heavy atom. The van der Waals surface area contributed by atoms with Gasteiger partial charge in [0.15, 0.2) is 5.16 Å². The lowest BCUT2D eigenvalue weighted by molar-refractivity contribution is 0.683. The zero-order valence-electron chi connectivity index (χ0n) is 10.7. The molecule has 2 aromatic rings. The Balaban J connectivity index is 1.94. The Morgan fingerprint density at radius 3 is 2.61 bits per heavy atom. The van der Waals surface area contributed by atoms with E-state index in [0.717, 1.165) is 17.3 Å². The summed E-state index contributed by atoms with van der Waals surface area (Å²) in [5.41, 5.74) is 8.68. The Labute approximate surface area is 112 Å². The lowest BCUT2D eigenvalue weighted by atomic mass is 10.1. The van der Waals surface area contributed by atoms with Crippen LogP contribution in [-0.4, -0.2) is 20.5 Å². The van der Waals surface area contributed by atoms with E-state index in [9.17, 15) is 0 Å². The second-order valence-electron chi connectivity index (χ2n) is 4.18. The number of thioether (sulfide) groups is 1. The third kappa shape index (κ3) is 3.11. The van der Waals surface area contributed by atoms with Gasteiger partial charge in [-0.15, -0.1) is 0 Å². The third-order valence-electron chi connectivity index (χ3n) is 2.88. The molecule has 96 valence electrons. The molecule has 18 heavy (non-hydrogen) atoms. The molecule has 2 rings (SSSR count). The Bertz CT molecular complexity index is 492. The number of hydrogen-bond acceptors (Lipinski definition) is 4. The normalized spacial score (nSPS) is 12.6. The maximum atomic E-state index is 6.17. The molecule has 1 unspecified atom stereocenters. The van der Waals surface area contributed by atoms with Gasteiger partial charge in [0, 0.05) is 18.8 Å². The summed E-state index contributed by atoms with van der Waals surface area (Å²) < 4.78 is 1.76. The topological polar surface area (TPSA) is 56.7 Å². The van der Waals surface area contributed by atoms with Gasteiger partial charge in [0.2, 0.25) is 0 Å². The molecule has 0 aliphatic carbocycles. The predicted molar refractivity (Wildman–Crippen MR) is 74.5 cm³/mol. The first-order chi connectivity index (χ1) is 8.70. The second-order valence-corrected chi connectivity index (χ2v) is 5.17. The molecular weight excluding hydrogens is 244 g/mol. The van der Waals surface area contributed by atoms with Crippen LogP contribution in [0.4, 0.5) is 0 Å². The molecule has 2 N–H and O–H groups in total. The van der Waals surface area contributed by atoms with Crippen LogP contribution in [0.3, 0.4) is 0 Å². The highest BCUT2D eigenvalue weighted by Crippen LogP contribution is 2.21. The smallest absolute Gasteiger partial charge is 0.185 e. The Kier molecular flexibility index (Phi) is 4.38. The standard InChI is InChI=1S/C13H18N4S/c1-3-10-4-6-11(7-5-10)12(14)8-18-13-15-9-16-17(13)2/h4-7,9,12H,3,8,14H2,1-2H3. The number of benzene rings is 1. The summed E-state index contributed by atoms with van der Waals surface area (Å²) in [5.74, 6) is 0.804. The molecule has 1 atom stereocenters. The van der Waals surface area contributed by atoms with Gasteiger partial charge in [-0.2, -0.15) is 5.10 Å². The van der Waals surface area contributed by atoms with E-state index in [4.69, 9.17) is 5.73 Å². The van der Waals surface area contributed by atoms with Gasteiger partial charge in [-0.3, -0.25) is 0 Å². The lowest BCUT2D eigenvalue weighted by Gasteiger charge is -2.11. The molecule has 0 aliphatic rings. The van der Waals surface area contributed by atoms with Gasteiger partial charge >= 0.3 is 0 Å². The zero-order valence-corrected chi connectivity index (χ0v) is 11.5. The molecule has 0 bridgehead atoms. The minimum absolute atomic E-state index is 0.0256. The Morgan fingerprint density at radius 1 is 1.33 bits per heavy atom. The van der Waals surface area contributed by atoms with E-state index in [1.54, 1.807) is 22.8 Å². The van der Waals surface area contributed by atoms with E-state index >= 15 is 0 Å². The fourth-order valence-corrected chi connectivity index (χ4v) is 2.55. The van der Waals surface area contributed by atoms with Crippen molar-refractivity contribution in [1.82, 2.24) is 14.8 Å². The van der Waals surface area contributed by atoms with Gasteiger partial charge in [-0.1, -0.05) is 43.0 Å². The first-order valence-corrected chi connectivity index (χ1v) is 7.00. The minimum atomic E-state index is 0.0256. The van der Waals surface area contributed by atoms with Crippen molar-refractivity contribution in [2.24, 2.45) is 12.8 Å². The minimum Gasteiger partial charge on any atom is -0.323 e. The highest BCUT2D eigenvalue weighted by molar-refractivity contribution is 7.99. The van der Waals surface area contributed by atoms with Crippen molar-refractivity contribution in [1.29, 1.82) is 0 Å². The third-order valence-corrected chi connectivity index (χ3v) is 4.03. The summed E-state index contributed by atoms with van der Waals surface area (Å²) in [7, 11) is 1.89. The fraction of sp³-hybridized carbons (Fsp3) is 0.385. The summed E-state index contributed by atoms with van der Waals surface area (Å²) in [6.07, 6.45) is 2.62. The second kappa shape index (κ2) is 6.02. The van der Waals surface area contributed by atoms with Gasteiger partial charge in [0.25, 0.3) is 0 Å². The van der Waals surface area contributed by atoms with Crippen LogP contribution >= 0.6 is 11.8 Å². The number of aromatic nitrogens is 3. The maximum Gasteiger partial charge on any atom is 0.185 e. The number of rotatable bonds is 5. The number of nitrogens with zero attached hydrogens (tertiary/aromatic N) is 3. The van der Waals surface area contributed by atoms with Gasteiger partial charge in [0.1, 0.15) is 6.33 Å². The van der Waals surface area contributed by atoms with E-state index in [-0.39, 0.29) is 6.04 Å². The predicted octanol–water partition coefficient (Wildman–Crippen LogP) is 2.17. The van der Waals surface area contributed by atoms with E-state index in [1.807, 2.05) is 7.05 Å². The molecule has 0 spiro atoms. The summed E-state index contributed by atoms with van der Waals surface area (Å²) in [5, 5.41) is 4.93. The van der Waals surface area contributed by atoms with E-state index < -0.39 is 0 Å². The number of nitrogens with two attached hydrogens (primary N) is 1. The largest absolute Gasteiger partial charge is 0.323 e. The SMILES string of the molecule is CCc1ccc(C(N)CSc2ncnn2C)cc1. The van der Waals surface area contributed by atoms with Crippen LogP contribution in [0.2, 0.25) is 0 Å². The van der Waals surface area contributed by atoms with Crippen molar-refractivity contribution in [3.05, 3.63) is 41.7 Å². The van der Waals surface area contributed by atoms with Crippen molar-refractivity contribution in [2.45, 2.75) is 24.5 Å². The van der Waals surface area contributed by atoms with E-state index in [0.29, 0.717) is 0 Å². The van der Waals surface area contributed by atoms with Crippen molar-refractivity contribution in [3.8, 4) is 0 Å². The highest BCUT2D eigenvalue weighted by Gasteiger charge is 2.09. The molecule has 0 amide bonds. The van der Waals surface area contributed by atoms with Crippen LogP contribution in [0, 0.1) is 0 Å². The van der Waals surface area contributed by atoms with Crippen molar-refractivity contribution >= 4 is 11.8 Å². The molecule has 1 aromatic carbocycles. The molecular formula is C13H18N4S. The van der Waals surface area contributed by atoms with Crippen LogP contribution in [-0.2, 0) is 13.5 Å². The average Bonchev–Trinajstić information content (AvgIpc) is 2.81. The Hall–Kier alpha value is -1.33. The summed E-state index contributed by atoms with van der Waals surface area (Å²) in [6, 6.07) is 8.53. The highest BCUT2D eigenvalue weighted by atomic mass is 32.2. The molecule has 1 heterocycles. The lowest BCUT2D eigenvalue weighted by Crippen LogP contribution is -2.13. The van der Waals surface area contributed by atoms with Gasteiger partial charge < -0.3 is 5.73 Å². The summed E-state index contributed by atoms with van der Waals surface area (Å²) in [6.45, 7) is 2.15. The molecule has 0 saturated carbocycles. The zero-order chi connectivity index (χ0) is 13.0. The van der Waals surface area contributed by atoms with Crippen molar-refractivity contribution in [2.75, 3.05) is 5.75 Å². The average molecular weight is 262 g/mol. The van der Waals surface area contributed by atoms with Crippen LogP contribution in [0.5, 0.6) is 0 Å². The fourth-order valence-electron chi connectivity index (χ4n) is 1.68. The molecule has 0 fully saturated rings. The van der Waals surface area contributed by atoms with Gasteiger partial charge in [-0.05, 0) is 17.5 Å². The monoisotopic (exact) mass is 262 g/mol. The van der Waals surface area contributed by atoms with Crippen molar-refractivity contribution in [3.63, 3.8) is 0 Å². The molecule has 4 nitrogen and oxygen atoms in total. The maximum absolute atomic E-state index is 6.17. The van der Waals surface area contributed by atoms with E-state index in [2.05, 4.69) is 41.3 Å². The number of aryl methyl sites for hydroxylation is 2. The quantitative estimate of drug-likeness (QED) is 0.839. The first-order valence-electron chi connectivity index (χ1n) is 6.02. The molecule has 5 heteroatoms. The van der Waals surface area contributed by atoms with E-state index in [1.165, 1.54) is 11.1 Å². The van der Waals surface area contributed by atoms with Crippen LogP contribution < -0.4 is 5.73 Å². The van der Waals surface area contributed by atoms with Crippen molar-refractivity contribution < 1.29 is 0 Å². The summed E-state index contributed by atoms with van der Waals surface area (Å²) >= 11 is 1.63. The van der Waals surface area contributed by atoms with Crippen LogP contribution in [0.15, 0.2) is 35.7 Å². The van der Waals surface area contributed by atoms with Crippen LogP contribution in [0.1, 0.15) is 24.1 Å².